The first-order valence-electron chi connectivity index (χ1n) is 10.9. The second-order valence-electron chi connectivity index (χ2n) is 7.71. The number of amides is 2. The topological polar surface area (TPSA) is 89.3 Å². The number of primary amides is 1. The Kier molecular flexibility index (Phi) is 7.92. The third-order valence-electron chi connectivity index (χ3n) is 5.49. The van der Waals surface area contributed by atoms with Gasteiger partial charge < -0.3 is 11.1 Å². The molecule has 0 aliphatic heterocycles. The van der Waals surface area contributed by atoms with Gasteiger partial charge in [-0.05, 0) is 41.3 Å². The summed E-state index contributed by atoms with van der Waals surface area (Å²) < 4.78 is 0. The molecule has 164 valence electrons. The van der Waals surface area contributed by atoms with Gasteiger partial charge in [0.2, 0.25) is 5.91 Å². The maximum Gasteiger partial charge on any atom is 0.251 e. The van der Waals surface area contributed by atoms with Crippen LogP contribution >= 0.6 is 0 Å². The van der Waals surface area contributed by atoms with E-state index in [4.69, 9.17) is 5.73 Å². The van der Waals surface area contributed by atoms with Crippen LogP contribution in [-0.4, -0.2) is 24.1 Å². The van der Waals surface area contributed by atoms with E-state index in [1.54, 1.807) is 36.4 Å². The largest absolute Gasteiger partial charge is 0.366 e. The summed E-state index contributed by atoms with van der Waals surface area (Å²) in [6.45, 7) is 1.98. The second kappa shape index (κ2) is 11.0. The molecule has 0 spiro atoms. The van der Waals surface area contributed by atoms with Crippen molar-refractivity contribution in [2.75, 3.05) is 6.54 Å². The number of Topliss-reactive ketones (excluding diaryl/α,β-unsaturated/α-hetero) is 1. The molecule has 5 nitrogen and oxygen atoms in total. The Morgan fingerprint density at radius 1 is 0.875 bits per heavy atom. The van der Waals surface area contributed by atoms with Gasteiger partial charge in [0.05, 0.1) is 6.54 Å². The quantitative estimate of drug-likeness (QED) is 0.489. The zero-order chi connectivity index (χ0) is 22.9. The fraction of sp³-hybridized carbons (Fsp3) is 0.222. The summed E-state index contributed by atoms with van der Waals surface area (Å²) >= 11 is 0. The van der Waals surface area contributed by atoms with Crippen molar-refractivity contribution in [3.8, 4) is 11.1 Å². The standard InChI is InChI=1S/C27H28N2O3/c1-2-3-15-21(24(30)18-29-27(32)20-13-8-5-9-14-20)22-16-10-17-23(26(28)31)25(22)19-11-6-4-7-12-19/h4-14,16-17,21H,2-3,15,18H2,1H3,(H2,28,31)(H,29,32). The maximum atomic E-state index is 13.3. The number of rotatable bonds is 10. The van der Waals surface area contributed by atoms with E-state index < -0.39 is 11.8 Å². The highest BCUT2D eigenvalue weighted by atomic mass is 16.2. The van der Waals surface area contributed by atoms with Gasteiger partial charge in [0.15, 0.2) is 5.78 Å². The zero-order valence-corrected chi connectivity index (χ0v) is 18.2. The van der Waals surface area contributed by atoms with Crippen molar-refractivity contribution < 1.29 is 14.4 Å². The Balaban J connectivity index is 1.95. The Morgan fingerprint density at radius 2 is 1.53 bits per heavy atom. The van der Waals surface area contributed by atoms with Crippen LogP contribution in [0.25, 0.3) is 11.1 Å². The van der Waals surface area contributed by atoms with Crippen molar-refractivity contribution >= 4 is 17.6 Å². The van der Waals surface area contributed by atoms with E-state index in [1.807, 2.05) is 42.5 Å². The fourth-order valence-corrected chi connectivity index (χ4v) is 3.87. The number of benzene rings is 3. The monoisotopic (exact) mass is 428 g/mol. The molecule has 0 saturated heterocycles. The van der Waals surface area contributed by atoms with Gasteiger partial charge >= 0.3 is 0 Å². The summed E-state index contributed by atoms with van der Waals surface area (Å²) in [4.78, 5) is 38.0. The first kappa shape index (κ1) is 22.9. The summed E-state index contributed by atoms with van der Waals surface area (Å²) in [5.74, 6) is -1.38. The van der Waals surface area contributed by atoms with Crippen LogP contribution in [0.5, 0.6) is 0 Å². The number of nitrogens with two attached hydrogens (primary N) is 1. The van der Waals surface area contributed by atoms with Crippen molar-refractivity contribution in [2.24, 2.45) is 5.73 Å². The molecule has 2 amide bonds. The molecule has 0 heterocycles. The van der Waals surface area contributed by atoms with E-state index in [9.17, 15) is 14.4 Å². The molecule has 0 radical (unpaired) electrons. The maximum absolute atomic E-state index is 13.3. The Labute approximate surface area is 188 Å². The molecule has 0 aliphatic rings. The molecular weight excluding hydrogens is 400 g/mol. The average molecular weight is 429 g/mol. The number of unbranched alkanes of at least 4 members (excludes halogenated alkanes) is 1. The molecule has 3 N–H and O–H groups in total. The SMILES string of the molecule is CCCCC(C(=O)CNC(=O)c1ccccc1)c1cccc(C(N)=O)c1-c1ccccc1. The predicted octanol–water partition coefficient (Wildman–Crippen LogP) is 4.73. The molecular formula is C27H28N2O3. The lowest BCUT2D eigenvalue weighted by molar-refractivity contribution is -0.119. The minimum absolute atomic E-state index is 0.0862. The molecule has 1 atom stereocenters. The van der Waals surface area contributed by atoms with Gasteiger partial charge in [-0.2, -0.15) is 0 Å². The van der Waals surface area contributed by atoms with Gasteiger partial charge in [0.25, 0.3) is 5.91 Å². The number of ketones is 1. The highest BCUT2D eigenvalue weighted by Gasteiger charge is 2.26. The summed E-state index contributed by atoms with van der Waals surface area (Å²) in [5.41, 5.74) is 8.85. The van der Waals surface area contributed by atoms with Crippen LogP contribution in [0.1, 0.15) is 58.4 Å². The number of hydrogen-bond acceptors (Lipinski definition) is 3. The molecule has 0 aliphatic carbocycles. The molecule has 5 heteroatoms. The van der Waals surface area contributed by atoms with Crippen molar-refractivity contribution in [3.63, 3.8) is 0 Å². The molecule has 0 fully saturated rings. The van der Waals surface area contributed by atoms with Gasteiger partial charge in [0, 0.05) is 17.0 Å². The van der Waals surface area contributed by atoms with Gasteiger partial charge in [-0.25, -0.2) is 0 Å². The normalized spacial score (nSPS) is 11.5. The summed E-state index contributed by atoms with van der Waals surface area (Å²) in [7, 11) is 0. The van der Waals surface area contributed by atoms with Crippen LogP contribution in [-0.2, 0) is 4.79 Å². The van der Waals surface area contributed by atoms with Crippen LogP contribution in [0.2, 0.25) is 0 Å². The predicted molar refractivity (Wildman–Crippen MR) is 126 cm³/mol. The third-order valence-corrected chi connectivity index (χ3v) is 5.49. The summed E-state index contributed by atoms with van der Waals surface area (Å²) in [6, 6.07) is 23.6. The van der Waals surface area contributed by atoms with Crippen LogP contribution in [0.4, 0.5) is 0 Å². The lowest BCUT2D eigenvalue weighted by Gasteiger charge is -2.22. The molecule has 0 saturated carbocycles. The molecule has 0 bridgehead atoms. The average Bonchev–Trinajstić information content (AvgIpc) is 2.83. The van der Waals surface area contributed by atoms with E-state index in [2.05, 4.69) is 12.2 Å². The first-order valence-corrected chi connectivity index (χ1v) is 10.9. The summed E-state index contributed by atoms with van der Waals surface area (Å²) in [5, 5.41) is 2.74. The lowest BCUT2D eigenvalue weighted by Crippen LogP contribution is -2.32. The van der Waals surface area contributed by atoms with Crippen LogP contribution < -0.4 is 11.1 Å². The van der Waals surface area contributed by atoms with Gasteiger partial charge in [-0.3, -0.25) is 14.4 Å². The molecule has 1 unspecified atom stereocenters. The Hall–Kier alpha value is -3.73. The molecule has 3 aromatic carbocycles. The third kappa shape index (κ3) is 5.49. The Bertz CT molecular complexity index is 1080. The fourth-order valence-electron chi connectivity index (χ4n) is 3.87. The minimum Gasteiger partial charge on any atom is -0.366 e. The summed E-state index contributed by atoms with van der Waals surface area (Å²) in [6.07, 6.45) is 2.40. The second-order valence-corrected chi connectivity index (χ2v) is 7.71. The van der Waals surface area contributed by atoms with Gasteiger partial charge in [-0.15, -0.1) is 0 Å². The number of nitrogens with one attached hydrogen (secondary N) is 1. The molecule has 32 heavy (non-hydrogen) atoms. The van der Waals surface area contributed by atoms with Crippen molar-refractivity contribution in [1.82, 2.24) is 5.32 Å². The van der Waals surface area contributed by atoms with E-state index in [-0.39, 0.29) is 18.2 Å². The van der Waals surface area contributed by atoms with E-state index >= 15 is 0 Å². The minimum atomic E-state index is -0.537. The highest BCUT2D eigenvalue weighted by Crippen LogP contribution is 2.35. The van der Waals surface area contributed by atoms with Gasteiger partial charge in [0.1, 0.15) is 0 Å². The number of hydrogen-bond donors (Lipinski definition) is 2. The van der Waals surface area contributed by atoms with E-state index in [0.29, 0.717) is 23.1 Å². The number of carbonyl (C=O) groups excluding carboxylic acids is 3. The molecule has 0 aromatic heterocycles. The lowest BCUT2D eigenvalue weighted by atomic mass is 9.82. The first-order chi connectivity index (χ1) is 15.5. The van der Waals surface area contributed by atoms with Crippen LogP contribution in [0.15, 0.2) is 78.9 Å². The Morgan fingerprint density at radius 3 is 2.16 bits per heavy atom. The van der Waals surface area contributed by atoms with Crippen LogP contribution in [0.3, 0.4) is 0 Å². The van der Waals surface area contributed by atoms with Crippen molar-refractivity contribution in [1.29, 1.82) is 0 Å². The highest BCUT2D eigenvalue weighted by molar-refractivity contribution is 6.03. The number of carbonyl (C=O) groups is 3. The van der Waals surface area contributed by atoms with Crippen molar-refractivity contribution in [2.45, 2.75) is 32.1 Å². The zero-order valence-electron chi connectivity index (χ0n) is 18.2. The van der Waals surface area contributed by atoms with E-state index in [0.717, 1.165) is 24.0 Å². The smallest absolute Gasteiger partial charge is 0.251 e. The molecule has 3 aromatic rings. The van der Waals surface area contributed by atoms with Gasteiger partial charge in [-0.1, -0.05) is 80.4 Å². The van der Waals surface area contributed by atoms with E-state index in [1.165, 1.54) is 0 Å². The molecule has 3 rings (SSSR count). The van der Waals surface area contributed by atoms with Crippen LogP contribution in [0, 0.1) is 0 Å². The van der Waals surface area contributed by atoms with Crippen molar-refractivity contribution in [3.05, 3.63) is 95.6 Å².